The smallest absolute Gasteiger partial charge is 0.254 e. The Morgan fingerprint density at radius 2 is 1.79 bits per heavy atom. The topological polar surface area (TPSA) is 82.0 Å². The first kappa shape index (κ1) is 17.1. The highest BCUT2D eigenvalue weighted by Crippen LogP contribution is 2.10. The van der Waals surface area contributed by atoms with E-state index in [0.29, 0.717) is 11.8 Å². The molecule has 5 nitrogen and oxygen atoms in total. The lowest BCUT2D eigenvalue weighted by atomic mass is 10.1. The third-order valence-electron chi connectivity index (χ3n) is 3.11. The van der Waals surface area contributed by atoms with Crippen molar-refractivity contribution < 1.29 is 18.4 Å². The van der Waals surface area contributed by atoms with Gasteiger partial charge in [-0.1, -0.05) is 12.1 Å². The number of benzene rings is 2. The highest BCUT2D eigenvalue weighted by Gasteiger charge is 2.13. The van der Waals surface area contributed by atoms with Crippen molar-refractivity contribution in [3.8, 4) is 6.07 Å². The molecule has 0 radical (unpaired) electrons. The van der Waals surface area contributed by atoms with E-state index < -0.39 is 23.4 Å². The first-order valence-electron chi connectivity index (χ1n) is 6.98. The quantitative estimate of drug-likeness (QED) is 0.884. The van der Waals surface area contributed by atoms with Crippen LogP contribution in [0.3, 0.4) is 0 Å². The zero-order valence-electron chi connectivity index (χ0n) is 12.5. The first-order valence-corrected chi connectivity index (χ1v) is 6.98. The monoisotopic (exact) mass is 329 g/mol. The van der Waals surface area contributed by atoms with Crippen LogP contribution in [0.4, 0.5) is 14.5 Å². The number of hydrogen-bond acceptors (Lipinski definition) is 3. The zero-order chi connectivity index (χ0) is 17.5. The number of halogens is 2. The van der Waals surface area contributed by atoms with Crippen LogP contribution in [0.1, 0.15) is 15.9 Å². The molecule has 0 aromatic heterocycles. The van der Waals surface area contributed by atoms with Crippen molar-refractivity contribution in [3.05, 3.63) is 65.2 Å². The summed E-state index contributed by atoms with van der Waals surface area (Å²) < 4.78 is 26.2. The summed E-state index contributed by atoms with van der Waals surface area (Å²) in [4.78, 5) is 23.5. The second-order valence-corrected chi connectivity index (χ2v) is 4.89. The van der Waals surface area contributed by atoms with Crippen molar-refractivity contribution in [1.29, 1.82) is 5.26 Å². The Morgan fingerprint density at radius 1 is 1.08 bits per heavy atom. The number of nitrogens with one attached hydrogen (secondary N) is 2. The number of carbonyl (C=O) groups is 2. The molecule has 0 aliphatic heterocycles. The van der Waals surface area contributed by atoms with E-state index in [1.54, 1.807) is 24.3 Å². The van der Waals surface area contributed by atoms with Crippen molar-refractivity contribution in [2.24, 2.45) is 0 Å². The lowest BCUT2D eigenvalue weighted by Crippen LogP contribution is -2.33. The maximum atomic E-state index is 13.4. The molecule has 2 aromatic carbocycles. The van der Waals surface area contributed by atoms with E-state index in [-0.39, 0.29) is 18.5 Å². The van der Waals surface area contributed by atoms with Crippen LogP contribution in [-0.4, -0.2) is 18.4 Å². The lowest BCUT2D eigenvalue weighted by Gasteiger charge is -2.08. The highest BCUT2D eigenvalue weighted by atomic mass is 19.1. The van der Waals surface area contributed by atoms with Crippen LogP contribution in [0.15, 0.2) is 42.5 Å². The largest absolute Gasteiger partial charge is 0.343 e. The van der Waals surface area contributed by atoms with Gasteiger partial charge in [0.1, 0.15) is 11.6 Å². The van der Waals surface area contributed by atoms with Crippen LogP contribution in [0, 0.1) is 23.0 Å². The zero-order valence-corrected chi connectivity index (χ0v) is 12.5. The first-order chi connectivity index (χ1) is 11.5. The van der Waals surface area contributed by atoms with Gasteiger partial charge in [-0.15, -0.1) is 0 Å². The fourth-order valence-electron chi connectivity index (χ4n) is 1.93. The Morgan fingerprint density at radius 3 is 2.42 bits per heavy atom. The van der Waals surface area contributed by atoms with Gasteiger partial charge in [0, 0.05) is 11.8 Å². The van der Waals surface area contributed by atoms with Crippen LogP contribution >= 0.6 is 0 Å². The summed E-state index contributed by atoms with van der Waals surface area (Å²) >= 11 is 0. The summed E-state index contributed by atoms with van der Waals surface area (Å²) in [6.07, 6.45) is 0.271. The van der Waals surface area contributed by atoms with Gasteiger partial charge >= 0.3 is 0 Å². The Kier molecular flexibility index (Phi) is 5.58. The Bertz CT molecular complexity index is 798. The van der Waals surface area contributed by atoms with Gasteiger partial charge in [-0.2, -0.15) is 5.26 Å². The van der Waals surface area contributed by atoms with E-state index in [9.17, 15) is 18.4 Å². The number of hydrogen-bond donors (Lipinski definition) is 2. The Labute approximate surface area is 136 Å². The van der Waals surface area contributed by atoms with Gasteiger partial charge in [-0.05, 0) is 29.8 Å². The lowest BCUT2D eigenvalue weighted by molar-refractivity contribution is -0.115. The number of nitriles is 1. The predicted molar refractivity (Wildman–Crippen MR) is 83.1 cm³/mol. The molecule has 0 unspecified atom stereocenters. The molecule has 122 valence electrons. The normalized spacial score (nSPS) is 9.88. The molecule has 0 spiro atoms. The number of anilines is 1. The molecule has 0 fully saturated rings. The molecule has 7 heteroatoms. The third kappa shape index (κ3) is 4.61. The van der Waals surface area contributed by atoms with Gasteiger partial charge < -0.3 is 10.6 Å². The van der Waals surface area contributed by atoms with E-state index in [4.69, 9.17) is 5.26 Å². The molecule has 2 amide bonds. The van der Waals surface area contributed by atoms with Crippen molar-refractivity contribution in [2.45, 2.75) is 6.42 Å². The maximum absolute atomic E-state index is 13.4. The molecule has 2 rings (SSSR count). The van der Waals surface area contributed by atoms with Gasteiger partial charge in [-0.3, -0.25) is 9.59 Å². The van der Waals surface area contributed by atoms with Crippen molar-refractivity contribution >= 4 is 17.5 Å². The van der Waals surface area contributed by atoms with Crippen LogP contribution in [0.2, 0.25) is 0 Å². The molecule has 0 saturated carbocycles. The van der Waals surface area contributed by atoms with Gasteiger partial charge in [0.2, 0.25) is 5.91 Å². The van der Waals surface area contributed by atoms with Crippen LogP contribution in [0.5, 0.6) is 0 Å². The second kappa shape index (κ2) is 7.83. The van der Waals surface area contributed by atoms with Crippen LogP contribution in [-0.2, 0) is 11.2 Å². The van der Waals surface area contributed by atoms with Crippen molar-refractivity contribution in [3.63, 3.8) is 0 Å². The van der Waals surface area contributed by atoms with Gasteiger partial charge in [0.25, 0.3) is 5.91 Å². The van der Waals surface area contributed by atoms with E-state index in [0.717, 1.165) is 17.7 Å². The van der Waals surface area contributed by atoms with E-state index in [1.165, 1.54) is 0 Å². The minimum absolute atomic E-state index is 0.271. The molecule has 24 heavy (non-hydrogen) atoms. The molecule has 0 atom stereocenters. The summed E-state index contributed by atoms with van der Waals surface area (Å²) in [5.74, 6) is -3.10. The van der Waals surface area contributed by atoms with E-state index in [2.05, 4.69) is 10.6 Å². The van der Waals surface area contributed by atoms with E-state index >= 15 is 0 Å². The molecule has 0 heterocycles. The summed E-state index contributed by atoms with van der Waals surface area (Å²) in [6.45, 7) is -0.365. The number of carbonyl (C=O) groups excluding carboxylic acids is 2. The summed E-state index contributed by atoms with van der Waals surface area (Å²) in [6, 6.07) is 11.2. The Balaban J connectivity index is 1.88. The predicted octanol–water partition coefficient (Wildman–Crippen LogP) is 2.40. The molecule has 2 aromatic rings. The summed E-state index contributed by atoms with van der Waals surface area (Å²) in [5, 5.41) is 13.4. The van der Waals surface area contributed by atoms with Gasteiger partial charge in [0.15, 0.2) is 0 Å². The number of nitrogens with zero attached hydrogens (tertiary/aromatic N) is 1. The molecular formula is C17H13F2N3O2. The number of amides is 2. The second-order valence-electron chi connectivity index (χ2n) is 4.89. The number of rotatable bonds is 5. The van der Waals surface area contributed by atoms with Gasteiger partial charge in [-0.25, -0.2) is 8.78 Å². The minimum Gasteiger partial charge on any atom is -0.343 e. The molecule has 0 aliphatic rings. The minimum atomic E-state index is -0.999. The average molecular weight is 329 g/mol. The fourth-order valence-corrected chi connectivity index (χ4v) is 1.93. The van der Waals surface area contributed by atoms with E-state index in [1.807, 2.05) is 6.07 Å². The molecular weight excluding hydrogens is 316 g/mol. The SMILES string of the molecule is N#CCc1ccc(NC(=O)CNC(=O)c2ccc(F)cc2F)cc1. The van der Waals surface area contributed by atoms with Crippen LogP contribution < -0.4 is 10.6 Å². The Hall–Kier alpha value is -3.27. The molecule has 2 N–H and O–H groups in total. The summed E-state index contributed by atoms with van der Waals surface area (Å²) in [7, 11) is 0. The third-order valence-corrected chi connectivity index (χ3v) is 3.11. The molecule has 0 aliphatic carbocycles. The fraction of sp³-hybridized carbons (Fsp3) is 0.118. The van der Waals surface area contributed by atoms with Crippen molar-refractivity contribution in [1.82, 2.24) is 5.32 Å². The highest BCUT2D eigenvalue weighted by molar-refractivity contribution is 5.99. The standard InChI is InChI=1S/C17H13F2N3O2/c18-12-3-6-14(15(19)9-12)17(24)21-10-16(23)22-13-4-1-11(2-5-13)7-8-20/h1-6,9H,7,10H2,(H,21,24)(H,22,23). The molecule has 0 bridgehead atoms. The average Bonchev–Trinajstić information content (AvgIpc) is 2.55. The van der Waals surface area contributed by atoms with Crippen LogP contribution in [0.25, 0.3) is 0 Å². The van der Waals surface area contributed by atoms with Gasteiger partial charge in [0.05, 0.1) is 24.6 Å². The maximum Gasteiger partial charge on any atom is 0.254 e. The van der Waals surface area contributed by atoms with Crippen molar-refractivity contribution in [2.75, 3.05) is 11.9 Å². The molecule has 0 saturated heterocycles. The summed E-state index contributed by atoms with van der Waals surface area (Å²) in [5.41, 5.74) is 0.976.